The maximum absolute atomic E-state index is 10.2. The van der Waals surface area contributed by atoms with Crippen molar-refractivity contribution in [1.29, 1.82) is 0 Å². The minimum atomic E-state index is -0.799. The molecule has 0 aromatic rings. The molecule has 0 radical (unpaired) electrons. The van der Waals surface area contributed by atoms with Gasteiger partial charge in [0, 0.05) is 0 Å². The van der Waals surface area contributed by atoms with Crippen LogP contribution < -0.4 is 0 Å². The van der Waals surface area contributed by atoms with Gasteiger partial charge in [0.1, 0.15) is 4.33 Å². The Morgan fingerprint density at radius 1 is 1.56 bits per heavy atom. The Kier molecular flexibility index (Phi) is 1.61. The number of carboxylic acids is 1. The van der Waals surface area contributed by atoms with E-state index < -0.39 is 10.3 Å². The van der Waals surface area contributed by atoms with Crippen molar-refractivity contribution in [3.05, 3.63) is 0 Å². The predicted octanol–water partition coefficient (Wildman–Crippen LogP) is 1.65. The van der Waals surface area contributed by atoms with Crippen LogP contribution in [-0.2, 0) is 4.79 Å². The molecule has 0 heterocycles. The van der Waals surface area contributed by atoms with Gasteiger partial charge in [0.2, 0.25) is 0 Å². The van der Waals surface area contributed by atoms with E-state index in [2.05, 4.69) is 0 Å². The Morgan fingerprint density at radius 3 is 2.11 bits per heavy atom. The number of rotatable bonds is 1. The molecule has 0 aromatic heterocycles. The minimum absolute atomic E-state index is 0.319. The zero-order valence-corrected chi connectivity index (χ0v) is 6.11. The first kappa shape index (κ1) is 7.16. The highest BCUT2D eigenvalue weighted by Crippen LogP contribution is 2.46. The molecule has 1 aliphatic carbocycles. The van der Waals surface area contributed by atoms with E-state index in [-0.39, 0.29) is 5.92 Å². The first-order chi connectivity index (χ1) is 4.01. The van der Waals surface area contributed by atoms with Gasteiger partial charge in [-0.3, -0.25) is 4.79 Å². The van der Waals surface area contributed by atoms with Gasteiger partial charge in [-0.05, 0) is 12.8 Å². The lowest BCUT2D eigenvalue weighted by Crippen LogP contribution is -2.38. The van der Waals surface area contributed by atoms with E-state index in [4.69, 9.17) is 28.3 Å². The molecular formula is C5H6Cl2O2. The molecule has 0 amide bonds. The van der Waals surface area contributed by atoms with Gasteiger partial charge in [0.25, 0.3) is 0 Å². The van der Waals surface area contributed by atoms with Crippen molar-refractivity contribution in [2.24, 2.45) is 5.92 Å². The normalized spacial score (nSPS) is 25.1. The van der Waals surface area contributed by atoms with Gasteiger partial charge in [0.15, 0.2) is 0 Å². The van der Waals surface area contributed by atoms with E-state index in [1.807, 2.05) is 0 Å². The summed E-state index contributed by atoms with van der Waals surface area (Å²) in [6.07, 6.45) is 0.761. The zero-order valence-electron chi connectivity index (χ0n) is 4.60. The molecule has 1 saturated carbocycles. The van der Waals surface area contributed by atoms with Crippen molar-refractivity contribution < 1.29 is 9.90 Å². The first-order valence-electron chi connectivity index (χ1n) is 2.62. The lowest BCUT2D eigenvalue weighted by molar-refractivity contribution is -0.144. The van der Waals surface area contributed by atoms with Crippen molar-refractivity contribution in [2.45, 2.75) is 17.2 Å². The van der Waals surface area contributed by atoms with Crippen LogP contribution in [0.2, 0.25) is 0 Å². The van der Waals surface area contributed by atoms with Crippen LogP contribution >= 0.6 is 23.2 Å². The number of hydrogen-bond acceptors (Lipinski definition) is 1. The quantitative estimate of drug-likeness (QED) is 0.606. The summed E-state index contributed by atoms with van der Waals surface area (Å²) in [7, 11) is 0. The molecule has 2 nitrogen and oxygen atoms in total. The minimum Gasteiger partial charge on any atom is -0.481 e. The molecule has 0 bridgehead atoms. The Bertz CT molecular complexity index is 136. The van der Waals surface area contributed by atoms with Crippen LogP contribution in [0.5, 0.6) is 0 Å². The van der Waals surface area contributed by atoms with Crippen LogP contribution in [0.15, 0.2) is 0 Å². The third kappa shape index (κ3) is 1.49. The second-order valence-electron chi connectivity index (χ2n) is 2.30. The Balaban J connectivity index is 2.35. The summed E-state index contributed by atoms with van der Waals surface area (Å²) in [6.45, 7) is 0. The zero-order chi connectivity index (χ0) is 7.07. The maximum Gasteiger partial charge on any atom is 0.306 e. The standard InChI is InChI=1S/C5H6Cl2O2/c6-5(7)1-3(2-5)4(8)9/h3H,1-2H2,(H,8,9). The molecule has 9 heavy (non-hydrogen) atoms. The highest BCUT2D eigenvalue weighted by molar-refractivity contribution is 6.49. The fraction of sp³-hybridized carbons (Fsp3) is 0.800. The lowest BCUT2D eigenvalue weighted by Gasteiger charge is -2.34. The van der Waals surface area contributed by atoms with Crippen molar-refractivity contribution >= 4 is 29.2 Å². The van der Waals surface area contributed by atoms with Gasteiger partial charge in [-0.1, -0.05) is 0 Å². The molecule has 1 rings (SSSR count). The van der Waals surface area contributed by atoms with Crippen LogP contribution in [0.1, 0.15) is 12.8 Å². The molecule has 0 spiro atoms. The first-order valence-corrected chi connectivity index (χ1v) is 3.37. The van der Waals surface area contributed by atoms with Crippen LogP contribution in [0.3, 0.4) is 0 Å². The summed E-state index contributed by atoms with van der Waals surface area (Å²) in [6, 6.07) is 0. The van der Waals surface area contributed by atoms with E-state index in [0.29, 0.717) is 12.8 Å². The SMILES string of the molecule is O=C(O)C1CC(Cl)(Cl)C1. The second-order valence-corrected chi connectivity index (χ2v) is 3.94. The number of halogens is 2. The topological polar surface area (TPSA) is 37.3 Å². The largest absolute Gasteiger partial charge is 0.481 e. The Morgan fingerprint density at radius 2 is 2.00 bits per heavy atom. The van der Waals surface area contributed by atoms with Crippen LogP contribution in [0.25, 0.3) is 0 Å². The highest BCUT2D eigenvalue weighted by Gasteiger charge is 2.44. The van der Waals surface area contributed by atoms with E-state index in [0.717, 1.165) is 0 Å². The number of carboxylic acid groups (broad SMARTS) is 1. The predicted molar refractivity (Wildman–Crippen MR) is 34.8 cm³/mol. The molecule has 1 aliphatic rings. The molecule has 0 unspecified atom stereocenters. The molecule has 1 N–H and O–H groups in total. The number of hydrogen-bond donors (Lipinski definition) is 1. The summed E-state index contributed by atoms with van der Waals surface area (Å²) in [5.41, 5.74) is 0. The molecule has 0 aliphatic heterocycles. The van der Waals surface area contributed by atoms with E-state index in [9.17, 15) is 4.79 Å². The van der Waals surface area contributed by atoms with Crippen LogP contribution in [-0.4, -0.2) is 15.4 Å². The molecular weight excluding hydrogens is 163 g/mol. The van der Waals surface area contributed by atoms with Gasteiger partial charge in [-0.25, -0.2) is 0 Å². The van der Waals surface area contributed by atoms with Crippen molar-refractivity contribution in [3.63, 3.8) is 0 Å². The van der Waals surface area contributed by atoms with Gasteiger partial charge >= 0.3 is 5.97 Å². The van der Waals surface area contributed by atoms with Crippen LogP contribution in [0, 0.1) is 5.92 Å². The monoisotopic (exact) mass is 168 g/mol. The Hall–Kier alpha value is 0.0500. The molecule has 1 fully saturated rings. The number of aliphatic carboxylic acids is 1. The average Bonchev–Trinajstić information content (AvgIpc) is 1.59. The molecule has 4 heteroatoms. The van der Waals surface area contributed by atoms with Gasteiger partial charge in [-0.2, -0.15) is 0 Å². The summed E-state index contributed by atoms with van der Waals surface area (Å²) in [5.74, 6) is -1.12. The smallest absolute Gasteiger partial charge is 0.306 e. The van der Waals surface area contributed by atoms with Crippen LogP contribution in [0.4, 0.5) is 0 Å². The summed E-state index contributed by atoms with van der Waals surface area (Å²) in [4.78, 5) is 10.2. The van der Waals surface area contributed by atoms with Gasteiger partial charge in [-0.15, -0.1) is 23.2 Å². The summed E-state index contributed by atoms with van der Waals surface area (Å²) >= 11 is 11.1. The van der Waals surface area contributed by atoms with Crippen molar-refractivity contribution in [2.75, 3.05) is 0 Å². The molecule has 0 saturated heterocycles. The molecule has 0 aromatic carbocycles. The highest BCUT2D eigenvalue weighted by atomic mass is 35.5. The third-order valence-electron chi connectivity index (χ3n) is 1.44. The van der Waals surface area contributed by atoms with Crippen molar-refractivity contribution in [1.82, 2.24) is 0 Å². The fourth-order valence-corrected chi connectivity index (χ4v) is 1.58. The summed E-state index contributed by atoms with van der Waals surface area (Å²) < 4.78 is -0.761. The molecule has 52 valence electrons. The van der Waals surface area contributed by atoms with Gasteiger partial charge in [0.05, 0.1) is 5.92 Å². The maximum atomic E-state index is 10.2. The van der Waals surface area contributed by atoms with E-state index in [1.165, 1.54) is 0 Å². The number of alkyl halides is 2. The fourth-order valence-electron chi connectivity index (χ4n) is 0.836. The average molecular weight is 169 g/mol. The van der Waals surface area contributed by atoms with Gasteiger partial charge < -0.3 is 5.11 Å². The molecule has 0 atom stereocenters. The van der Waals surface area contributed by atoms with E-state index >= 15 is 0 Å². The van der Waals surface area contributed by atoms with E-state index in [1.54, 1.807) is 0 Å². The summed E-state index contributed by atoms with van der Waals surface area (Å²) in [5, 5.41) is 8.35. The third-order valence-corrected chi connectivity index (χ3v) is 2.06. The van der Waals surface area contributed by atoms with Crippen molar-refractivity contribution in [3.8, 4) is 0 Å². The number of carbonyl (C=O) groups is 1. The lowest BCUT2D eigenvalue weighted by atomic mass is 9.84. The second kappa shape index (κ2) is 2.03. The Labute approximate surface area is 62.8 Å².